The van der Waals surface area contributed by atoms with Crippen LogP contribution in [0.4, 0.5) is 0 Å². The summed E-state index contributed by atoms with van der Waals surface area (Å²) in [4.78, 5) is 30.6. The molecule has 0 atom stereocenters. The molecule has 0 aliphatic heterocycles. The molecule has 3 aromatic rings. The Hall–Kier alpha value is -3.08. The Bertz CT molecular complexity index is 1060. The molecule has 0 saturated heterocycles. The van der Waals surface area contributed by atoms with Gasteiger partial charge in [0.25, 0.3) is 5.91 Å². The molecule has 0 aliphatic rings. The second kappa shape index (κ2) is 10.5. The summed E-state index contributed by atoms with van der Waals surface area (Å²) in [5, 5.41) is 1.95. The van der Waals surface area contributed by atoms with Crippen molar-refractivity contribution in [2.24, 2.45) is 18.9 Å². The van der Waals surface area contributed by atoms with Gasteiger partial charge in [-0.1, -0.05) is 64.1 Å². The quantitative estimate of drug-likeness (QED) is 0.479. The predicted octanol–water partition coefficient (Wildman–Crippen LogP) is 4.96. The first-order valence-electron chi connectivity index (χ1n) is 11.4. The van der Waals surface area contributed by atoms with Gasteiger partial charge in [0.1, 0.15) is 6.54 Å². The second-order valence-electron chi connectivity index (χ2n) is 9.38. The zero-order valence-electron chi connectivity index (χ0n) is 19.9. The van der Waals surface area contributed by atoms with Gasteiger partial charge in [-0.05, 0) is 40.8 Å². The van der Waals surface area contributed by atoms with Crippen LogP contribution in [0.25, 0.3) is 10.8 Å². The van der Waals surface area contributed by atoms with Gasteiger partial charge in [-0.15, -0.1) is 0 Å². The van der Waals surface area contributed by atoms with Gasteiger partial charge in [-0.2, -0.15) is 0 Å². The van der Waals surface area contributed by atoms with Crippen molar-refractivity contribution in [2.45, 2.75) is 34.2 Å². The Labute approximate surface area is 191 Å². The molecule has 0 bridgehead atoms. The second-order valence-corrected chi connectivity index (χ2v) is 9.38. The lowest BCUT2D eigenvalue weighted by atomic mass is 10.0. The molecule has 170 valence electrons. The Balaban J connectivity index is 1.86. The summed E-state index contributed by atoms with van der Waals surface area (Å²) < 4.78 is 2.04. The number of hydrogen-bond donors (Lipinski definition) is 0. The minimum atomic E-state index is -0.0905. The summed E-state index contributed by atoms with van der Waals surface area (Å²) in [5.41, 5.74) is 1.73. The molecule has 5 heteroatoms. The normalized spacial score (nSPS) is 11.3. The van der Waals surface area contributed by atoms with E-state index in [2.05, 4.69) is 27.7 Å². The number of fused-ring (bicyclic) bond motifs is 1. The lowest BCUT2D eigenvalue weighted by Crippen LogP contribution is -2.45. The van der Waals surface area contributed by atoms with Crippen LogP contribution < -0.4 is 0 Å². The highest BCUT2D eigenvalue weighted by Gasteiger charge is 2.25. The van der Waals surface area contributed by atoms with E-state index in [-0.39, 0.29) is 24.3 Å². The van der Waals surface area contributed by atoms with Gasteiger partial charge in [0.15, 0.2) is 0 Å². The lowest BCUT2D eigenvalue weighted by molar-refractivity contribution is -0.133. The molecule has 0 aliphatic carbocycles. The molecule has 2 aromatic carbocycles. The summed E-state index contributed by atoms with van der Waals surface area (Å²) in [6.45, 7) is 10.2. The van der Waals surface area contributed by atoms with Crippen LogP contribution in [0.2, 0.25) is 0 Å². The zero-order chi connectivity index (χ0) is 23.3. The third kappa shape index (κ3) is 5.78. The number of aromatic nitrogens is 1. The van der Waals surface area contributed by atoms with E-state index >= 15 is 0 Å². The fraction of sp³-hybridized carbons (Fsp3) is 0.407. The lowest BCUT2D eigenvalue weighted by Gasteiger charge is -2.30. The molecule has 1 heterocycles. The molecule has 32 heavy (non-hydrogen) atoms. The van der Waals surface area contributed by atoms with Crippen LogP contribution in [-0.4, -0.2) is 45.8 Å². The fourth-order valence-corrected chi connectivity index (χ4v) is 4.06. The van der Waals surface area contributed by atoms with Gasteiger partial charge in [0.2, 0.25) is 5.91 Å². The Morgan fingerprint density at radius 1 is 0.844 bits per heavy atom. The van der Waals surface area contributed by atoms with E-state index in [0.717, 1.165) is 16.5 Å². The van der Waals surface area contributed by atoms with Crippen molar-refractivity contribution in [3.05, 3.63) is 72.1 Å². The third-order valence-electron chi connectivity index (χ3n) is 5.56. The Morgan fingerprint density at radius 3 is 2.16 bits per heavy atom. The summed E-state index contributed by atoms with van der Waals surface area (Å²) in [7, 11) is 1.99. The largest absolute Gasteiger partial charge is 0.353 e. The summed E-state index contributed by atoms with van der Waals surface area (Å²) in [6.07, 6.45) is 1.99. The molecule has 5 nitrogen and oxygen atoms in total. The van der Waals surface area contributed by atoms with E-state index in [1.54, 1.807) is 4.90 Å². The smallest absolute Gasteiger partial charge is 0.254 e. The average Bonchev–Trinajstić information content (AvgIpc) is 3.15. The average molecular weight is 434 g/mol. The maximum Gasteiger partial charge on any atom is 0.254 e. The van der Waals surface area contributed by atoms with Gasteiger partial charge in [-0.25, -0.2) is 0 Å². The SMILES string of the molecule is CC(C)CN(Cc1cccn1C)C(=O)CN(CC(C)C)C(=O)c1cccc2ccccc12. The number of amides is 2. The number of hydrogen-bond acceptors (Lipinski definition) is 2. The van der Waals surface area contributed by atoms with Crippen molar-refractivity contribution in [1.29, 1.82) is 0 Å². The Morgan fingerprint density at radius 2 is 1.50 bits per heavy atom. The molecule has 0 N–H and O–H groups in total. The van der Waals surface area contributed by atoms with Crippen molar-refractivity contribution < 1.29 is 9.59 Å². The van der Waals surface area contributed by atoms with Gasteiger partial charge < -0.3 is 14.4 Å². The van der Waals surface area contributed by atoms with E-state index in [9.17, 15) is 9.59 Å². The Kier molecular flexibility index (Phi) is 7.73. The molecule has 1 aromatic heterocycles. The van der Waals surface area contributed by atoms with Gasteiger partial charge >= 0.3 is 0 Å². The van der Waals surface area contributed by atoms with E-state index in [0.29, 0.717) is 31.1 Å². The van der Waals surface area contributed by atoms with Crippen LogP contribution >= 0.6 is 0 Å². The minimum Gasteiger partial charge on any atom is -0.353 e. The van der Waals surface area contributed by atoms with Crippen LogP contribution in [0.1, 0.15) is 43.7 Å². The van der Waals surface area contributed by atoms with Crippen molar-refractivity contribution in [1.82, 2.24) is 14.4 Å². The zero-order valence-corrected chi connectivity index (χ0v) is 19.9. The molecule has 2 amide bonds. The van der Waals surface area contributed by atoms with Crippen LogP contribution in [0.5, 0.6) is 0 Å². The van der Waals surface area contributed by atoms with Crippen molar-refractivity contribution in [3.63, 3.8) is 0 Å². The topological polar surface area (TPSA) is 45.6 Å². The highest BCUT2D eigenvalue weighted by molar-refractivity contribution is 6.07. The van der Waals surface area contributed by atoms with E-state index in [1.807, 2.05) is 77.3 Å². The standard InChI is InChI=1S/C27H35N3O2/c1-20(2)16-29(18-23-12-9-15-28(23)5)26(31)19-30(17-21(3)4)27(32)25-14-8-11-22-10-6-7-13-24(22)25/h6-15,20-21H,16-19H2,1-5H3. The van der Waals surface area contributed by atoms with Crippen LogP contribution in [0, 0.1) is 11.8 Å². The fourth-order valence-electron chi connectivity index (χ4n) is 4.06. The van der Waals surface area contributed by atoms with Crippen molar-refractivity contribution in [3.8, 4) is 0 Å². The van der Waals surface area contributed by atoms with Crippen molar-refractivity contribution in [2.75, 3.05) is 19.6 Å². The van der Waals surface area contributed by atoms with Gasteiger partial charge in [-0.3, -0.25) is 9.59 Å². The molecule has 0 unspecified atom stereocenters. The minimum absolute atomic E-state index is 0.0193. The molecule has 0 fully saturated rings. The van der Waals surface area contributed by atoms with Crippen LogP contribution in [-0.2, 0) is 18.4 Å². The van der Waals surface area contributed by atoms with Gasteiger partial charge in [0, 0.05) is 37.6 Å². The molecular formula is C27H35N3O2. The molecule has 0 saturated carbocycles. The monoisotopic (exact) mass is 433 g/mol. The molecular weight excluding hydrogens is 398 g/mol. The van der Waals surface area contributed by atoms with Gasteiger partial charge in [0.05, 0.1) is 6.54 Å². The van der Waals surface area contributed by atoms with Crippen LogP contribution in [0.3, 0.4) is 0 Å². The maximum absolute atomic E-state index is 13.6. The highest BCUT2D eigenvalue weighted by atomic mass is 16.2. The summed E-state index contributed by atoms with van der Waals surface area (Å²) >= 11 is 0. The number of carbonyl (C=O) groups is 2. The molecule has 0 radical (unpaired) electrons. The predicted molar refractivity (Wildman–Crippen MR) is 130 cm³/mol. The third-order valence-corrected chi connectivity index (χ3v) is 5.56. The van der Waals surface area contributed by atoms with E-state index in [4.69, 9.17) is 0 Å². The van der Waals surface area contributed by atoms with Crippen LogP contribution in [0.15, 0.2) is 60.8 Å². The maximum atomic E-state index is 13.6. The van der Waals surface area contributed by atoms with E-state index in [1.165, 1.54) is 0 Å². The number of aryl methyl sites for hydroxylation is 1. The van der Waals surface area contributed by atoms with E-state index < -0.39 is 0 Å². The number of rotatable bonds is 9. The first-order chi connectivity index (χ1) is 15.3. The first-order valence-corrected chi connectivity index (χ1v) is 11.4. The first kappa shape index (κ1) is 23.6. The molecule has 3 rings (SSSR count). The summed E-state index contributed by atoms with van der Waals surface area (Å²) in [6, 6.07) is 17.7. The summed E-state index contributed by atoms with van der Waals surface area (Å²) in [5.74, 6) is 0.487. The molecule has 0 spiro atoms. The number of benzene rings is 2. The highest BCUT2D eigenvalue weighted by Crippen LogP contribution is 2.21. The number of nitrogens with zero attached hydrogens (tertiary/aromatic N) is 3. The number of carbonyl (C=O) groups excluding carboxylic acids is 2. The van der Waals surface area contributed by atoms with Crippen molar-refractivity contribution >= 4 is 22.6 Å².